The average molecular weight is 558 g/mol. The van der Waals surface area contributed by atoms with Gasteiger partial charge in [-0.15, -0.1) is 0 Å². The third-order valence-electron chi connectivity index (χ3n) is 7.73. The van der Waals surface area contributed by atoms with Crippen molar-refractivity contribution in [3.8, 4) is 0 Å². The molecule has 0 spiro atoms. The number of alkyl halides is 3. The summed E-state index contributed by atoms with van der Waals surface area (Å²) in [6.07, 6.45) is -4.41. The van der Waals surface area contributed by atoms with Gasteiger partial charge < -0.3 is 4.90 Å². The number of nitrogens with zero attached hydrogens (tertiary/aromatic N) is 3. The molecular formula is C34H34F3N3O. The van der Waals surface area contributed by atoms with Crippen LogP contribution in [0.4, 0.5) is 13.2 Å². The van der Waals surface area contributed by atoms with E-state index in [2.05, 4.69) is 34.1 Å². The number of hydrogen-bond donors (Lipinski definition) is 0. The van der Waals surface area contributed by atoms with E-state index in [1.807, 2.05) is 78.7 Å². The molecular weight excluding hydrogens is 523 g/mol. The smallest absolute Gasteiger partial charge is 0.339 e. The Labute approximate surface area is 239 Å². The lowest BCUT2D eigenvalue weighted by Gasteiger charge is -2.40. The number of carbonyl (C=O) groups excluding carboxylic acids is 1. The second-order valence-electron chi connectivity index (χ2n) is 10.5. The molecule has 4 nitrogen and oxygen atoms in total. The zero-order chi connectivity index (χ0) is 28.8. The number of amides is 1. The molecule has 0 aromatic heterocycles. The fourth-order valence-corrected chi connectivity index (χ4v) is 5.74. The lowest BCUT2D eigenvalue weighted by Crippen LogP contribution is -2.52. The van der Waals surface area contributed by atoms with E-state index >= 15 is 0 Å². The number of carbonyl (C=O) groups is 1. The zero-order valence-electron chi connectivity index (χ0n) is 23.0. The highest BCUT2D eigenvalue weighted by Crippen LogP contribution is 2.35. The monoisotopic (exact) mass is 557 g/mol. The van der Waals surface area contributed by atoms with Crippen LogP contribution in [0.2, 0.25) is 0 Å². The number of piperazine rings is 1. The predicted octanol–water partition coefficient (Wildman–Crippen LogP) is 6.66. The van der Waals surface area contributed by atoms with Gasteiger partial charge in [-0.1, -0.05) is 103 Å². The molecule has 0 bridgehead atoms. The summed E-state index contributed by atoms with van der Waals surface area (Å²) in [6.45, 7) is 2.40. The number of hydrogen-bond acceptors (Lipinski definition) is 3. The van der Waals surface area contributed by atoms with Gasteiger partial charge in [0.15, 0.2) is 0 Å². The minimum atomic E-state index is -4.41. The third kappa shape index (κ3) is 6.87. The molecule has 212 valence electrons. The van der Waals surface area contributed by atoms with E-state index in [-0.39, 0.29) is 24.5 Å². The maximum Gasteiger partial charge on any atom is 0.416 e. The minimum Gasteiger partial charge on any atom is -0.339 e. The Morgan fingerprint density at radius 1 is 0.707 bits per heavy atom. The van der Waals surface area contributed by atoms with E-state index in [0.29, 0.717) is 31.7 Å². The van der Waals surface area contributed by atoms with Crippen LogP contribution in [0, 0.1) is 0 Å². The van der Waals surface area contributed by atoms with Crippen LogP contribution in [0.25, 0.3) is 0 Å². The van der Waals surface area contributed by atoms with Crippen molar-refractivity contribution < 1.29 is 18.0 Å². The van der Waals surface area contributed by atoms with Gasteiger partial charge in [0.2, 0.25) is 5.91 Å². The largest absolute Gasteiger partial charge is 0.416 e. The van der Waals surface area contributed by atoms with E-state index in [1.54, 1.807) is 6.07 Å². The van der Waals surface area contributed by atoms with Gasteiger partial charge in [-0.25, -0.2) is 0 Å². The molecule has 1 unspecified atom stereocenters. The van der Waals surface area contributed by atoms with Gasteiger partial charge in [-0.2, -0.15) is 13.2 Å². The summed E-state index contributed by atoms with van der Waals surface area (Å²) < 4.78 is 40.6. The first-order chi connectivity index (χ1) is 19.8. The maximum atomic E-state index is 13.5. The van der Waals surface area contributed by atoms with Gasteiger partial charge in [0.1, 0.15) is 0 Å². The Hall–Kier alpha value is -3.94. The Balaban J connectivity index is 1.30. The van der Waals surface area contributed by atoms with Crippen molar-refractivity contribution in [3.05, 3.63) is 143 Å². The van der Waals surface area contributed by atoms with Gasteiger partial charge >= 0.3 is 6.18 Å². The van der Waals surface area contributed by atoms with Gasteiger partial charge in [0, 0.05) is 26.2 Å². The SMILES string of the molecule is CN(CC(=O)N1CCN(C(c2ccccc2)c2cccc(C(F)(F)F)c2)CC1)C(c1ccccc1)c1ccccc1. The van der Waals surface area contributed by atoms with Crippen LogP contribution in [0.3, 0.4) is 0 Å². The Kier molecular flexibility index (Phi) is 8.86. The fourth-order valence-electron chi connectivity index (χ4n) is 5.74. The van der Waals surface area contributed by atoms with Crippen LogP contribution in [-0.2, 0) is 11.0 Å². The van der Waals surface area contributed by atoms with E-state index in [4.69, 9.17) is 0 Å². The summed E-state index contributed by atoms with van der Waals surface area (Å²) in [5.74, 6) is 0.0411. The summed E-state index contributed by atoms with van der Waals surface area (Å²) in [7, 11) is 1.97. The molecule has 5 rings (SSSR count). The standard InChI is InChI=1S/C34H34F3N3O/c1-38(32(26-12-5-2-6-13-26)27-14-7-3-8-15-27)25-31(41)39-20-22-40(23-21-39)33(28-16-9-4-10-17-28)29-18-11-19-30(24-29)34(35,36)37/h2-19,24,32-33H,20-23,25H2,1H3. The maximum absolute atomic E-state index is 13.5. The van der Waals surface area contributed by atoms with Crippen LogP contribution >= 0.6 is 0 Å². The van der Waals surface area contributed by atoms with Crippen LogP contribution in [0.1, 0.15) is 39.9 Å². The highest BCUT2D eigenvalue weighted by molar-refractivity contribution is 5.78. The van der Waals surface area contributed by atoms with Gasteiger partial charge in [0.05, 0.1) is 24.2 Å². The molecule has 7 heteroatoms. The van der Waals surface area contributed by atoms with E-state index in [9.17, 15) is 18.0 Å². The summed E-state index contributed by atoms with van der Waals surface area (Å²) >= 11 is 0. The Morgan fingerprint density at radius 3 is 1.71 bits per heavy atom. The fraction of sp³-hybridized carbons (Fsp3) is 0.265. The van der Waals surface area contributed by atoms with Crippen LogP contribution < -0.4 is 0 Å². The minimum absolute atomic E-state index is 0.0411. The Morgan fingerprint density at radius 2 is 1.20 bits per heavy atom. The number of benzene rings is 4. The molecule has 4 aromatic rings. The molecule has 1 heterocycles. The van der Waals surface area contributed by atoms with Crippen molar-refractivity contribution in [2.24, 2.45) is 0 Å². The summed E-state index contributed by atoms with van der Waals surface area (Å²) in [4.78, 5) is 19.6. The molecule has 0 saturated carbocycles. The van der Waals surface area contributed by atoms with Gasteiger partial charge in [-0.3, -0.25) is 14.6 Å². The lowest BCUT2D eigenvalue weighted by atomic mass is 9.95. The van der Waals surface area contributed by atoms with Crippen molar-refractivity contribution in [2.45, 2.75) is 18.3 Å². The topological polar surface area (TPSA) is 26.8 Å². The first kappa shape index (κ1) is 28.6. The molecule has 4 aromatic carbocycles. The molecule has 41 heavy (non-hydrogen) atoms. The molecule has 0 radical (unpaired) electrons. The average Bonchev–Trinajstić information content (AvgIpc) is 2.99. The van der Waals surface area contributed by atoms with E-state index in [1.165, 1.54) is 12.1 Å². The second kappa shape index (κ2) is 12.7. The molecule has 1 atom stereocenters. The summed E-state index contributed by atoms with van der Waals surface area (Å²) in [5, 5.41) is 0. The molecule has 1 amide bonds. The quantitative estimate of drug-likeness (QED) is 0.242. The first-order valence-electron chi connectivity index (χ1n) is 13.9. The van der Waals surface area contributed by atoms with Crippen LogP contribution in [-0.4, -0.2) is 60.4 Å². The van der Waals surface area contributed by atoms with Crippen molar-refractivity contribution in [2.75, 3.05) is 39.8 Å². The predicted molar refractivity (Wildman–Crippen MR) is 155 cm³/mol. The molecule has 1 aliphatic rings. The highest BCUT2D eigenvalue weighted by atomic mass is 19.4. The molecule has 1 aliphatic heterocycles. The molecule has 0 aliphatic carbocycles. The van der Waals surface area contributed by atoms with E-state index in [0.717, 1.165) is 22.8 Å². The highest BCUT2D eigenvalue weighted by Gasteiger charge is 2.33. The summed E-state index contributed by atoms with van der Waals surface area (Å²) in [6, 6.07) is 35.1. The number of likely N-dealkylation sites (N-methyl/N-ethyl adjacent to an activating group) is 1. The lowest BCUT2D eigenvalue weighted by molar-refractivity contribution is -0.138. The van der Waals surface area contributed by atoms with Gasteiger partial charge in [-0.05, 0) is 41.4 Å². The normalized spacial score (nSPS) is 15.3. The third-order valence-corrected chi connectivity index (χ3v) is 7.73. The van der Waals surface area contributed by atoms with E-state index < -0.39 is 11.7 Å². The first-order valence-corrected chi connectivity index (χ1v) is 13.9. The summed E-state index contributed by atoms with van der Waals surface area (Å²) in [5.41, 5.74) is 3.11. The molecule has 1 saturated heterocycles. The zero-order valence-corrected chi connectivity index (χ0v) is 23.0. The van der Waals surface area contributed by atoms with Crippen molar-refractivity contribution in [3.63, 3.8) is 0 Å². The van der Waals surface area contributed by atoms with Crippen LogP contribution in [0.5, 0.6) is 0 Å². The molecule has 0 N–H and O–H groups in total. The number of rotatable bonds is 8. The van der Waals surface area contributed by atoms with Crippen molar-refractivity contribution in [1.29, 1.82) is 0 Å². The Bertz CT molecular complexity index is 1370. The van der Waals surface area contributed by atoms with Gasteiger partial charge in [0.25, 0.3) is 0 Å². The van der Waals surface area contributed by atoms with Crippen molar-refractivity contribution in [1.82, 2.24) is 14.7 Å². The second-order valence-corrected chi connectivity index (χ2v) is 10.5. The van der Waals surface area contributed by atoms with Crippen molar-refractivity contribution >= 4 is 5.91 Å². The molecule has 1 fully saturated rings. The number of halogens is 3. The van der Waals surface area contributed by atoms with Crippen LogP contribution in [0.15, 0.2) is 115 Å².